The molecule has 5 rings (SSSR count). The summed E-state index contributed by atoms with van der Waals surface area (Å²) < 4.78 is 4.84. The van der Waals surface area contributed by atoms with E-state index in [1.54, 1.807) is 0 Å². The van der Waals surface area contributed by atoms with Gasteiger partial charge in [-0.3, -0.25) is 9.59 Å². The molecule has 3 heteroatoms. The van der Waals surface area contributed by atoms with Crippen LogP contribution in [0.25, 0.3) is 32.3 Å². The molecule has 1 fully saturated rings. The van der Waals surface area contributed by atoms with Crippen molar-refractivity contribution in [1.82, 2.24) is 0 Å². The first-order valence-corrected chi connectivity index (χ1v) is 8.29. The van der Waals surface area contributed by atoms with Crippen molar-refractivity contribution in [2.24, 2.45) is 0 Å². The zero-order valence-electron chi connectivity index (χ0n) is 13.4. The molecule has 4 aromatic rings. The summed E-state index contributed by atoms with van der Waals surface area (Å²) in [7, 11) is 0. The largest absolute Gasteiger partial charge is 0.393 e. The van der Waals surface area contributed by atoms with Gasteiger partial charge >= 0.3 is 11.9 Å². The van der Waals surface area contributed by atoms with E-state index in [4.69, 9.17) is 4.74 Å². The van der Waals surface area contributed by atoms with Crippen LogP contribution < -0.4 is 0 Å². The van der Waals surface area contributed by atoms with Crippen LogP contribution in [0.2, 0.25) is 0 Å². The van der Waals surface area contributed by atoms with Gasteiger partial charge in [0.2, 0.25) is 0 Å². The second-order valence-corrected chi connectivity index (χ2v) is 6.48. The summed E-state index contributed by atoms with van der Waals surface area (Å²) in [5, 5.41) is 6.41. The van der Waals surface area contributed by atoms with Gasteiger partial charge in [0.15, 0.2) is 0 Å². The molecule has 0 spiro atoms. The van der Waals surface area contributed by atoms with Crippen LogP contribution in [0.1, 0.15) is 17.9 Å². The molecule has 1 aliphatic heterocycles. The maximum absolute atomic E-state index is 12.3. The summed E-state index contributed by atoms with van der Waals surface area (Å²) in [6, 6.07) is 22.5. The van der Waals surface area contributed by atoms with E-state index in [1.807, 2.05) is 36.4 Å². The fourth-order valence-electron chi connectivity index (χ4n) is 3.86. The van der Waals surface area contributed by atoms with Gasteiger partial charge in [-0.25, -0.2) is 0 Å². The maximum atomic E-state index is 12.3. The van der Waals surface area contributed by atoms with Crippen LogP contribution in [-0.2, 0) is 14.3 Å². The summed E-state index contributed by atoms with van der Waals surface area (Å²) in [4.78, 5) is 24.0. The Kier molecular flexibility index (Phi) is 2.92. The van der Waals surface area contributed by atoms with Gasteiger partial charge in [-0.2, -0.15) is 0 Å². The summed E-state index contributed by atoms with van der Waals surface area (Å²) in [6.45, 7) is 0. The Morgan fingerprint density at radius 2 is 1.36 bits per heavy atom. The summed E-state index contributed by atoms with van der Waals surface area (Å²) in [6.07, 6.45) is 0.106. The molecular weight excluding hydrogens is 312 g/mol. The molecule has 0 radical (unpaired) electrons. The number of esters is 2. The monoisotopic (exact) mass is 326 g/mol. The van der Waals surface area contributed by atoms with Gasteiger partial charge in [0.1, 0.15) is 0 Å². The van der Waals surface area contributed by atoms with Crippen molar-refractivity contribution in [3.8, 4) is 0 Å². The molecule has 4 aromatic carbocycles. The maximum Gasteiger partial charge on any atom is 0.321 e. The van der Waals surface area contributed by atoms with Crippen LogP contribution in [0.4, 0.5) is 0 Å². The van der Waals surface area contributed by atoms with Crippen LogP contribution in [0.5, 0.6) is 0 Å². The van der Waals surface area contributed by atoms with Gasteiger partial charge in [0, 0.05) is 0 Å². The molecule has 1 saturated heterocycles. The van der Waals surface area contributed by atoms with Gasteiger partial charge in [0.25, 0.3) is 0 Å². The Morgan fingerprint density at radius 3 is 2.08 bits per heavy atom. The normalized spacial score (nSPS) is 17.5. The van der Waals surface area contributed by atoms with Gasteiger partial charge in [0.05, 0.1) is 12.3 Å². The van der Waals surface area contributed by atoms with Crippen molar-refractivity contribution in [3.63, 3.8) is 0 Å². The Morgan fingerprint density at radius 1 is 0.720 bits per heavy atom. The highest BCUT2D eigenvalue weighted by molar-refractivity contribution is 6.11. The Labute approximate surface area is 143 Å². The molecule has 0 amide bonds. The van der Waals surface area contributed by atoms with Gasteiger partial charge in [-0.15, -0.1) is 0 Å². The fourth-order valence-corrected chi connectivity index (χ4v) is 3.86. The predicted molar refractivity (Wildman–Crippen MR) is 97.4 cm³/mol. The summed E-state index contributed by atoms with van der Waals surface area (Å²) in [5.74, 6) is -1.44. The average molecular weight is 326 g/mol. The van der Waals surface area contributed by atoms with Crippen molar-refractivity contribution in [1.29, 1.82) is 0 Å². The number of cyclic esters (lactones) is 2. The summed E-state index contributed by atoms with van der Waals surface area (Å²) in [5.41, 5.74) is 0.898. The molecule has 120 valence electrons. The zero-order valence-corrected chi connectivity index (χ0v) is 13.4. The molecule has 0 aliphatic carbocycles. The molecule has 0 N–H and O–H groups in total. The average Bonchev–Trinajstić information content (AvgIpc) is 2.95. The van der Waals surface area contributed by atoms with E-state index < -0.39 is 17.9 Å². The number of fused-ring (bicyclic) bond motifs is 3. The third-order valence-corrected chi connectivity index (χ3v) is 4.99. The number of hydrogen-bond acceptors (Lipinski definition) is 3. The van der Waals surface area contributed by atoms with Crippen molar-refractivity contribution >= 4 is 44.3 Å². The number of rotatable bonds is 1. The van der Waals surface area contributed by atoms with Crippen LogP contribution in [0, 0.1) is 0 Å². The number of ether oxygens (including phenoxy) is 1. The van der Waals surface area contributed by atoms with E-state index in [2.05, 4.69) is 30.3 Å². The van der Waals surface area contributed by atoms with Gasteiger partial charge in [-0.05, 0) is 56.1 Å². The second kappa shape index (κ2) is 5.15. The zero-order chi connectivity index (χ0) is 17.0. The molecule has 25 heavy (non-hydrogen) atoms. The van der Waals surface area contributed by atoms with Crippen molar-refractivity contribution in [2.75, 3.05) is 0 Å². The molecule has 1 aliphatic rings. The third-order valence-electron chi connectivity index (χ3n) is 4.99. The minimum atomic E-state index is -0.540. The van der Waals surface area contributed by atoms with Crippen molar-refractivity contribution in [3.05, 3.63) is 72.3 Å². The smallest absolute Gasteiger partial charge is 0.321 e. The highest BCUT2D eigenvalue weighted by atomic mass is 16.6. The molecular formula is C22H14O3. The Balaban J connectivity index is 1.94. The van der Waals surface area contributed by atoms with Crippen molar-refractivity contribution in [2.45, 2.75) is 12.3 Å². The first-order valence-electron chi connectivity index (χ1n) is 8.29. The molecule has 1 heterocycles. The van der Waals surface area contributed by atoms with E-state index in [0.717, 1.165) is 37.9 Å². The van der Waals surface area contributed by atoms with Crippen LogP contribution in [-0.4, -0.2) is 11.9 Å². The highest BCUT2D eigenvalue weighted by Crippen LogP contribution is 2.39. The number of benzene rings is 4. The first kappa shape index (κ1) is 14.2. The minimum absolute atomic E-state index is 0.106. The lowest BCUT2D eigenvalue weighted by molar-refractivity contribution is -0.152. The van der Waals surface area contributed by atoms with Crippen molar-refractivity contribution < 1.29 is 14.3 Å². The first-order chi connectivity index (χ1) is 12.2. The molecule has 0 aromatic heterocycles. The quantitative estimate of drug-likeness (QED) is 0.289. The lowest BCUT2D eigenvalue weighted by Crippen LogP contribution is -2.07. The van der Waals surface area contributed by atoms with E-state index in [9.17, 15) is 9.59 Å². The standard InChI is InChI=1S/C22H14O3/c23-20-12-19(22(24)25-20)21-17-8-4-3-7-15(17)10-16-9-13-5-1-2-6-14(13)11-18(16)21/h1-11,19H,12H2. The highest BCUT2D eigenvalue weighted by Gasteiger charge is 2.36. The minimum Gasteiger partial charge on any atom is -0.393 e. The molecule has 0 saturated carbocycles. The van der Waals surface area contributed by atoms with E-state index >= 15 is 0 Å². The Bertz CT molecular complexity index is 1180. The van der Waals surface area contributed by atoms with E-state index in [0.29, 0.717) is 0 Å². The van der Waals surface area contributed by atoms with Crippen LogP contribution >= 0.6 is 0 Å². The van der Waals surface area contributed by atoms with Gasteiger partial charge < -0.3 is 4.74 Å². The Hall–Kier alpha value is -3.20. The third kappa shape index (κ3) is 2.13. The van der Waals surface area contributed by atoms with E-state index in [-0.39, 0.29) is 6.42 Å². The lowest BCUT2D eigenvalue weighted by Gasteiger charge is -2.15. The van der Waals surface area contributed by atoms with Crippen LogP contribution in [0.15, 0.2) is 66.7 Å². The van der Waals surface area contributed by atoms with Crippen LogP contribution in [0.3, 0.4) is 0 Å². The lowest BCUT2D eigenvalue weighted by atomic mass is 9.86. The number of hydrogen-bond donors (Lipinski definition) is 0. The van der Waals surface area contributed by atoms with E-state index in [1.165, 1.54) is 0 Å². The SMILES string of the molecule is O=C1CC(c2c3ccccc3cc3cc4ccccc4cc23)C(=O)O1. The number of carbonyl (C=O) groups excluding carboxylic acids is 2. The number of carbonyl (C=O) groups is 2. The molecule has 1 atom stereocenters. The topological polar surface area (TPSA) is 43.4 Å². The van der Waals surface area contributed by atoms with Gasteiger partial charge in [-0.1, -0.05) is 48.5 Å². The second-order valence-electron chi connectivity index (χ2n) is 6.48. The fraction of sp³-hybridized carbons (Fsp3) is 0.0909. The predicted octanol–water partition coefficient (Wildman–Crippen LogP) is 4.70. The molecule has 1 unspecified atom stereocenters. The summed E-state index contributed by atoms with van der Waals surface area (Å²) >= 11 is 0. The molecule has 3 nitrogen and oxygen atoms in total. The molecule has 0 bridgehead atoms.